The van der Waals surface area contributed by atoms with Crippen LogP contribution in [0, 0.1) is 5.92 Å². The summed E-state index contributed by atoms with van der Waals surface area (Å²) < 4.78 is 0. The molecule has 0 radical (unpaired) electrons. The van der Waals surface area contributed by atoms with Gasteiger partial charge in [0, 0.05) is 11.4 Å². The Morgan fingerprint density at radius 1 is 1.22 bits per heavy atom. The maximum Gasteiger partial charge on any atom is 0.414 e. The van der Waals surface area contributed by atoms with Gasteiger partial charge in [0.05, 0.1) is 0 Å². The first-order valence-corrected chi connectivity index (χ1v) is 6.56. The van der Waals surface area contributed by atoms with Crippen molar-refractivity contribution in [1.82, 2.24) is 4.90 Å². The van der Waals surface area contributed by atoms with Gasteiger partial charge in [0.1, 0.15) is 0 Å². The van der Waals surface area contributed by atoms with E-state index in [0.717, 1.165) is 5.92 Å². The highest BCUT2D eigenvalue weighted by molar-refractivity contribution is 6.27. The number of rotatable bonds is 0. The number of halogens is 1. The second-order valence-electron chi connectivity index (χ2n) is 5.10. The quantitative estimate of drug-likeness (QED) is 0.520. The van der Waals surface area contributed by atoms with E-state index in [9.17, 15) is 0 Å². The Balaban J connectivity index is 0.000000232. The molecule has 0 aromatic rings. The van der Waals surface area contributed by atoms with E-state index in [-0.39, 0.29) is 4.87 Å². The molecule has 2 aliphatic rings. The van der Waals surface area contributed by atoms with Crippen molar-refractivity contribution in [3.05, 3.63) is 0 Å². The third-order valence-electron chi connectivity index (χ3n) is 3.75. The molecule has 1 aliphatic carbocycles. The molecule has 1 saturated carbocycles. The number of carboxylic acids is 2. The zero-order valence-electron chi connectivity index (χ0n) is 10.6. The number of likely N-dealkylation sites (tertiary alicyclic amines) is 1. The van der Waals surface area contributed by atoms with E-state index in [4.69, 9.17) is 31.4 Å². The molecule has 2 fully saturated rings. The van der Waals surface area contributed by atoms with Crippen molar-refractivity contribution < 1.29 is 19.8 Å². The minimum absolute atomic E-state index is 0.185. The molecule has 1 saturated heterocycles. The first-order valence-electron chi connectivity index (χ1n) is 6.19. The SMILES string of the molecule is CN1CC[C@]2(Cl)CCCC[C@@H]2C1.O=C(O)C(=O)O. The van der Waals surface area contributed by atoms with Crippen LogP contribution in [0.4, 0.5) is 0 Å². The minimum Gasteiger partial charge on any atom is -0.473 e. The van der Waals surface area contributed by atoms with Crippen molar-refractivity contribution in [3.8, 4) is 0 Å². The summed E-state index contributed by atoms with van der Waals surface area (Å²) in [7, 11) is 2.21. The lowest BCUT2D eigenvalue weighted by Gasteiger charge is -2.46. The summed E-state index contributed by atoms with van der Waals surface area (Å²) in [5, 5.41) is 14.8. The zero-order valence-corrected chi connectivity index (χ0v) is 11.3. The van der Waals surface area contributed by atoms with Crippen LogP contribution in [0.3, 0.4) is 0 Å². The molecular weight excluding hydrogens is 258 g/mol. The molecular formula is C12H20ClNO4. The van der Waals surface area contributed by atoms with E-state index in [2.05, 4.69) is 11.9 Å². The first kappa shape index (κ1) is 15.2. The molecule has 0 aromatic heterocycles. The van der Waals surface area contributed by atoms with Gasteiger partial charge in [-0.1, -0.05) is 12.8 Å². The molecule has 1 heterocycles. The Morgan fingerprint density at radius 3 is 2.39 bits per heavy atom. The summed E-state index contributed by atoms with van der Waals surface area (Å²) in [5.74, 6) is -2.88. The number of alkyl halides is 1. The van der Waals surface area contributed by atoms with E-state index in [1.807, 2.05) is 0 Å². The van der Waals surface area contributed by atoms with Crippen LogP contribution in [-0.2, 0) is 9.59 Å². The number of carboxylic acid groups (broad SMARTS) is 2. The van der Waals surface area contributed by atoms with Gasteiger partial charge in [0.2, 0.25) is 0 Å². The van der Waals surface area contributed by atoms with E-state index in [1.54, 1.807) is 0 Å². The predicted octanol–water partition coefficient (Wildman–Crippen LogP) is 1.65. The van der Waals surface area contributed by atoms with Crippen LogP contribution in [0.15, 0.2) is 0 Å². The second kappa shape index (κ2) is 6.38. The summed E-state index contributed by atoms with van der Waals surface area (Å²) in [6.45, 7) is 2.42. The average molecular weight is 278 g/mol. The van der Waals surface area contributed by atoms with E-state index in [0.29, 0.717) is 0 Å². The molecule has 0 bridgehead atoms. The number of fused-ring (bicyclic) bond motifs is 1. The summed E-state index contributed by atoms with van der Waals surface area (Å²) >= 11 is 6.62. The Hall–Kier alpha value is -0.810. The van der Waals surface area contributed by atoms with Crippen molar-refractivity contribution in [2.24, 2.45) is 5.92 Å². The van der Waals surface area contributed by atoms with Crippen LogP contribution in [0.5, 0.6) is 0 Å². The standard InChI is InChI=1S/C10H18ClN.C2H2O4/c1-12-7-6-10(11)5-3-2-4-9(10)8-12;3-1(4)2(5)6/h9H,2-8H2,1H3;(H,3,4)(H,5,6)/t9-,10-;/m1./s1. The number of aliphatic carboxylic acids is 2. The largest absolute Gasteiger partial charge is 0.473 e. The van der Waals surface area contributed by atoms with Gasteiger partial charge >= 0.3 is 11.9 Å². The van der Waals surface area contributed by atoms with E-state index >= 15 is 0 Å². The third-order valence-corrected chi connectivity index (χ3v) is 4.44. The first-order chi connectivity index (χ1) is 8.35. The fraction of sp³-hybridized carbons (Fsp3) is 0.833. The number of piperidine rings is 1. The smallest absolute Gasteiger partial charge is 0.414 e. The van der Waals surface area contributed by atoms with Gasteiger partial charge in [-0.2, -0.15) is 0 Å². The van der Waals surface area contributed by atoms with Crippen molar-refractivity contribution in [2.45, 2.75) is 37.0 Å². The molecule has 0 amide bonds. The van der Waals surface area contributed by atoms with Gasteiger partial charge in [-0.25, -0.2) is 9.59 Å². The maximum atomic E-state index is 9.10. The summed E-state index contributed by atoms with van der Waals surface area (Å²) in [4.78, 5) is 20.8. The highest BCUT2D eigenvalue weighted by atomic mass is 35.5. The summed E-state index contributed by atoms with van der Waals surface area (Å²) in [6.07, 6.45) is 6.56. The van der Waals surface area contributed by atoms with Crippen LogP contribution in [0.2, 0.25) is 0 Å². The van der Waals surface area contributed by atoms with Gasteiger partial charge in [0.15, 0.2) is 0 Å². The molecule has 2 N–H and O–H groups in total. The number of carbonyl (C=O) groups is 2. The monoisotopic (exact) mass is 277 g/mol. The van der Waals surface area contributed by atoms with Crippen molar-refractivity contribution in [1.29, 1.82) is 0 Å². The van der Waals surface area contributed by atoms with Gasteiger partial charge in [-0.15, -0.1) is 11.6 Å². The average Bonchev–Trinajstić information content (AvgIpc) is 2.30. The van der Waals surface area contributed by atoms with E-state index in [1.165, 1.54) is 45.2 Å². The number of hydrogen-bond donors (Lipinski definition) is 2. The molecule has 6 heteroatoms. The Kier molecular flexibility index (Phi) is 5.41. The Labute approximate surface area is 112 Å². The lowest BCUT2D eigenvalue weighted by atomic mass is 9.74. The highest BCUT2D eigenvalue weighted by Crippen LogP contribution is 2.44. The van der Waals surface area contributed by atoms with Crippen molar-refractivity contribution >= 4 is 23.5 Å². The van der Waals surface area contributed by atoms with Crippen molar-refractivity contribution in [2.75, 3.05) is 20.1 Å². The van der Waals surface area contributed by atoms with Crippen LogP contribution >= 0.6 is 11.6 Å². The maximum absolute atomic E-state index is 9.10. The highest BCUT2D eigenvalue weighted by Gasteiger charge is 2.41. The summed E-state index contributed by atoms with van der Waals surface area (Å²) in [5.41, 5.74) is 0. The molecule has 18 heavy (non-hydrogen) atoms. The van der Waals surface area contributed by atoms with Gasteiger partial charge in [-0.05, 0) is 38.8 Å². The minimum atomic E-state index is -1.82. The number of nitrogens with zero attached hydrogens (tertiary/aromatic N) is 1. The predicted molar refractivity (Wildman–Crippen MR) is 67.9 cm³/mol. The topological polar surface area (TPSA) is 77.8 Å². The van der Waals surface area contributed by atoms with Crippen LogP contribution < -0.4 is 0 Å². The lowest BCUT2D eigenvalue weighted by molar-refractivity contribution is -0.159. The molecule has 5 nitrogen and oxygen atoms in total. The van der Waals surface area contributed by atoms with Crippen molar-refractivity contribution in [3.63, 3.8) is 0 Å². The molecule has 104 valence electrons. The van der Waals surface area contributed by atoms with Crippen LogP contribution in [0.1, 0.15) is 32.1 Å². The fourth-order valence-corrected chi connectivity index (χ4v) is 3.10. The Morgan fingerprint density at radius 2 is 1.83 bits per heavy atom. The second-order valence-corrected chi connectivity index (χ2v) is 5.85. The zero-order chi connectivity index (χ0) is 13.8. The third kappa shape index (κ3) is 4.14. The van der Waals surface area contributed by atoms with Gasteiger partial charge in [-0.3, -0.25) is 0 Å². The Bertz CT molecular complexity index is 311. The number of hydrogen-bond acceptors (Lipinski definition) is 3. The summed E-state index contributed by atoms with van der Waals surface area (Å²) in [6, 6.07) is 0. The fourth-order valence-electron chi connectivity index (χ4n) is 2.70. The molecule has 0 spiro atoms. The lowest BCUT2D eigenvalue weighted by Crippen LogP contribution is -2.48. The molecule has 2 atom stereocenters. The molecule has 0 aromatic carbocycles. The normalized spacial score (nSPS) is 31.8. The van der Waals surface area contributed by atoms with E-state index < -0.39 is 11.9 Å². The van der Waals surface area contributed by atoms with Crippen LogP contribution in [0.25, 0.3) is 0 Å². The van der Waals surface area contributed by atoms with Gasteiger partial charge in [0.25, 0.3) is 0 Å². The van der Waals surface area contributed by atoms with Gasteiger partial charge < -0.3 is 15.1 Å². The molecule has 0 unspecified atom stereocenters. The molecule has 2 rings (SSSR count). The van der Waals surface area contributed by atoms with Crippen LogP contribution in [-0.4, -0.2) is 52.1 Å². The molecule has 1 aliphatic heterocycles.